The van der Waals surface area contributed by atoms with E-state index in [0.717, 1.165) is 29.3 Å². The van der Waals surface area contributed by atoms with Gasteiger partial charge in [-0.2, -0.15) is 0 Å². The first kappa shape index (κ1) is 22.4. The van der Waals surface area contributed by atoms with E-state index in [-0.39, 0.29) is 6.42 Å². The molecule has 0 unspecified atom stereocenters. The molecular weight excluding hydrogens is 466 g/mol. The monoisotopic (exact) mass is 491 g/mol. The highest BCUT2D eigenvalue weighted by Crippen LogP contribution is 2.35. The van der Waals surface area contributed by atoms with Crippen LogP contribution >= 0.6 is 15.9 Å². The summed E-state index contributed by atoms with van der Waals surface area (Å²) in [6.07, 6.45) is 3.42. The number of nitrogens with two attached hydrogens (primary N) is 1. The van der Waals surface area contributed by atoms with Crippen LogP contribution in [0.5, 0.6) is 0 Å². The summed E-state index contributed by atoms with van der Waals surface area (Å²) in [5, 5.41) is 4.49. The van der Waals surface area contributed by atoms with Crippen LogP contribution in [0.15, 0.2) is 33.7 Å². The van der Waals surface area contributed by atoms with E-state index >= 15 is 0 Å². The second kappa shape index (κ2) is 9.23. The minimum Gasteiger partial charge on any atom is -0.449 e. The number of ether oxygens (including phenoxy) is 1. The number of amides is 1. The fraction of sp³-hybridized carbons (Fsp3) is 0.400. The van der Waals surface area contributed by atoms with Crippen LogP contribution in [0.25, 0.3) is 22.7 Å². The molecule has 3 aromatic heterocycles. The number of rotatable bonds is 9. The molecule has 0 saturated carbocycles. The van der Waals surface area contributed by atoms with E-state index in [1.54, 1.807) is 17.2 Å². The van der Waals surface area contributed by atoms with Gasteiger partial charge < -0.3 is 14.9 Å². The number of furan rings is 1. The average Bonchev–Trinajstić information content (AvgIpc) is 3.25. The lowest BCUT2D eigenvalue weighted by molar-refractivity contribution is -0.117. The number of pyridine rings is 1. The van der Waals surface area contributed by atoms with Crippen LogP contribution in [0.1, 0.15) is 11.3 Å². The molecule has 8 nitrogen and oxygen atoms in total. The average molecular weight is 492 g/mol. The zero-order chi connectivity index (χ0) is 21.9. The predicted octanol–water partition coefficient (Wildman–Crippen LogP) is 4.01. The van der Waals surface area contributed by atoms with Gasteiger partial charge >= 0.3 is 0 Å². The van der Waals surface area contributed by atoms with Crippen LogP contribution in [0.4, 0.5) is 0 Å². The van der Waals surface area contributed by atoms with Crippen molar-refractivity contribution in [1.82, 2.24) is 19.7 Å². The Labute approximate surface area is 185 Å². The highest BCUT2D eigenvalue weighted by molar-refractivity contribution is 9.10. The Morgan fingerprint density at radius 3 is 2.73 bits per heavy atom. The van der Waals surface area contributed by atoms with Crippen LogP contribution < -0.4 is 5.73 Å². The quantitative estimate of drug-likeness (QED) is 0.357. The third-order valence-electron chi connectivity index (χ3n) is 4.46. The van der Waals surface area contributed by atoms with E-state index in [1.807, 2.05) is 19.1 Å². The zero-order valence-electron chi connectivity index (χ0n) is 17.6. The molecule has 0 aliphatic rings. The number of aryl methyl sites for hydroxylation is 1. The minimum absolute atomic E-state index is 0.0751. The number of hydrogen-bond acceptors (Lipinski definition) is 6. The second-order valence-corrected chi connectivity index (χ2v) is 14.7. The number of nitrogens with zero attached hydrogens (tertiary/aromatic N) is 4. The Balaban J connectivity index is 1.76. The number of primary amides is 1. The van der Waals surface area contributed by atoms with Crippen LogP contribution in [-0.4, -0.2) is 40.3 Å². The maximum Gasteiger partial charge on any atom is 0.223 e. The first-order valence-corrected chi connectivity index (χ1v) is 14.1. The normalized spacial score (nSPS) is 11.8. The fourth-order valence-corrected chi connectivity index (χ4v) is 4.00. The smallest absolute Gasteiger partial charge is 0.223 e. The third-order valence-corrected chi connectivity index (χ3v) is 6.76. The molecular formula is C20H26BrN5O3Si. The molecule has 0 radical (unpaired) electrons. The summed E-state index contributed by atoms with van der Waals surface area (Å²) in [7, 11) is -1.12. The van der Waals surface area contributed by atoms with Gasteiger partial charge in [0.25, 0.3) is 0 Å². The topological polar surface area (TPSA) is 109 Å². The van der Waals surface area contributed by atoms with Gasteiger partial charge in [-0.05, 0) is 46.6 Å². The number of carbonyl (C=O) groups is 1. The lowest BCUT2D eigenvalue weighted by Crippen LogP contribution is -2.22. The third kappa shape index (κ3) is 5.86. The lowest BCUT2D eigenvalue weighted by Gasteiger charge is -2.15. The summed E-state index contributed by atoms with van der Waals surface area (Å²) in [6.45, 7) is 9.97. The van der Waals surface area contributed by atoms with E-state index in [0.29, 0.717) is 28.7 Å². The molecule has 0 bridgehead atoms. The van der Waals surface area contributed by atoms with Crippen molar-refractivity contribution in [2.45, 2.75) is 45.8 Å². The number of carbonyl (C=O) groups excluding carboxylic acids is 1. The molecule has 2 N–H and O–H groups in total. The van der Waals surface area contributed by atoms with Gasteiger partial charge in [0.15, 0.2) is 10.5 Å². The molecule has 0 saturated heterocycles. The molecule has 0 aliphatic heterocycles. The molecule has 3 heterocycles. The van der Waals surface area contributed by atoms with E-state index in [1.165, 1.54) is 0 Å². The van der Waals surface area contributed by atoms with Gasteiger partial charge in [-0.25, -0.2) is 9.67 Å². The van der Waals surface area contributed by atoms with Crippen molar-refractivity contribution in [2.24, 2.45) is 5.73 Å². The van der Waals surface area contributed by atoms with Gasteiger partial charge in [-0.3, -0.25) is 9.78 Å². The molecule has 3 rings (SSSR count). The highest BCUT2D eigenvalue weighted by Gasteiger charge is 2.18. The molecule has 3 aromatic rings. The Morgan fingerprint density at radius 2 is 2.03 bits per heavy atom. The van der Waals surface area contributed by atoms with Gasteiger partial charge in [0.05, 0.1) is 17.7 Å². The van der Waals surface area contributed by atoms with Crippen molar-refractivity contribution in [1.29, 1.82) is 0 Å². The van der Waals surface area contributed by atoms with Gasteiger partial charge in [0.1, 0.15) is 18.8 Å². The van der Waals surface area contributed by atoms with Gasteiger partial charge in [0, 0.05) is 26.4 Å². The molecule has 10 heteroatoms. The highest BCUT2D eigenvalue weighted by atomic mass is 79.9. The molecule has 1 amide bonds. The maximum absolute atomic E-state index is 11.2. The summed E-state index contributed by atoms with van der Waals surface area (Å²) in [5.41, 5.74) is 8.37. The zero-order valence-corrected chi connectivity index (χ0v) is 20.2. The van der Waals surface area contributed by atoms with Crippen molar-refractivity contribution in [3.8, 4) is 22.7 Å². The van der Waals surface area contributed by atoms with Crippen molar-refractivity contribution in [2.75, 3.05) is 6.61 Å². The van der Waals surface area contributed by atoms with E-state index in [2.05, 4.69) is 50.6 Å². The Morgan fingerprint density at radius 1 is 1.27 bits per heavy atom. The van der Waals surface area contributed by atoms with Crippen LogP contribution in [0.3, 0.4) is 0 Å². The van der Waals surface area contributed by atoms with E-state index in [4.69, 9.17) is 14.9 Å². The van der Waals surface area contributed by atoms with Gasteiger partial charge in [-0.15, -0.1) is 5.10 Å². The van der Waals surface area contributed by atoms with E-state index in [9.17, 15) is 4.79 Å². The van der Waals surface area contributed by atoms with Crippen LogP contribution in [0, 0.1) is 6.92 Å². The second-order valence-electron chi connectivity index (χ2n) is 8.39. The first-order valence-electron chi connectivity index (χ1n) is 9.63. The minimum atomic E-state index is -1.12. The molecule has 0 aliphatic carbocycles. The standard InChI is InChI=1S/C20H26BrN5O3Si/c1-13-10-23-14(8-18(22)27)7-15(13)17-9-16(19(21)29-17)20-24-11-26(25-20)12-28-5-6-30(2,3)4/h7,9-11H,5-6,8,12H2,1-4H3,(H2,22,27). The summed E-state index contributed by atoms with van der Waals surface area (Å²) in [6, 6.07) is 4.79. The Bertz CT molecular complexity index is 1040. The van der Waals surface area contributed by atoms with Crippen molar-refractivity contribution < 1.29 is 13.9 Å². The van der Waals surface area contributed by atoms with Crippen LogP contribution in [-0.2, 0) is 22.7 Å². The van der Waals surface area contributed by atoms with Crippen molar-refractivity contribution in [3.63, 3.8) is 0 Å². The van der Waals surface area contributed by atoms with Crippen molar-refractivity contribution >= 4 is 29.9 Å². The molecule has 0 atom stereocenters. The maximum atomic E-state index is 11.2. The Hall–Kier alpha value is -2.30. The predicted molar refractivity (Wildman–Crippen MR) is 120 cm³/mol. The largest absolute Gasteiger partial charge is 0.449 e. The first-order chi connectivity index (χ1) is 14.1. The number of aromatic nitrogens is 4. The van der Waals surface area contributed by atoms with Gasteiger partial charge in [0.2, 0.25) is 5.91 Å². The fourth-order valence-electron chi connectivity index (χ4n) is 2.78. The number of halogens is 1. The van der Waals surface area contributed by atoms with E-state index < -0.39 is 14.0 Å². The summed E-state index contributed by atoms with van der Waals surface area (Å²) >= 11 is 3.46. The molecule has 0 spiro atoms. The summed E-state index contributed by atoms with van der Waals surface area (Å²) in [5.74, 6) is 0.736. The lowest BCUT2D eigenvalue weighted by atomic mass is 10.1. The molecule has 0 fully saturated rings. The molecule has 0 aromatic carbocycles. The SMILES string of the molecule is Cc1cnc(CC(N)=O)cc1-c1cc(-c2ncn(COCC[Si](C)(C)C)n2)c(Br)o1. The molecule has 160 valence electrons. The van der Waals surface area contributed by atoms with Gasteiger partial charge in [-0.1, -0.05) is 19.6 Å². The summed E-state index contributed by atoms with van der Waals surface area (Å²) in [4.78, 5) is 19.8. The number of hydrogen-bond donors (Lipinski definition) is 1. The molecule has 30 heavy (non-hydrogen) atoms. The Kier molecular flexibility index (Phi) is 6.89. The van der Waals surface area contributed by atoms with Crippen molar-refractivity contribution in [3.05, 3.63) is 40.6 Å². The van der Waals surface area contributed by atoms with Crippen LogP contribution in [0.2, 0.25) is 25.7 Å². The summed E-state index contributed by atoms with van der Waals surface area (Å²) < 4.78 is 13.8.